The van der Waals surface area contributed by atoms with Crippen LogP contribution in [0, 0.1) is 12.7 Å². The van der Waals surface area contributed by atoms with Crippen molar-refractivity contribution in [2.45, 2.75) is 26.8 Å². The summed E-state index contributed by atoms with van der Waals surface area (Å²) in [5.41, 5.74) is 1.70. The van der Waals surface area contributed by atoms with Gasteiger partial charge in [0.1, 0.15) is 16.5 Å². The van der Waals surface area contributed by atoms with Gasteiger partial charge < -0.3 is 0 Å². The Balaban J connectivity index is 1.95. The summed E-state index contributed by atoms with van der Waals surface area (Å²) >= 11 is 3.22. The first kappa shape index (κ1) is 17.1. The molecule has 0 unspecified atom stereocenters. The van der Waals surface area contributed by atoms with Crippen molar-refractivity contribution in [1.82, 2.24) is 9.55 Å². The Labute approximate surface area is 158 Å². The van der Waals surface area contributed by atoms with Gasteiger partial charge in [0, 0.05) is 15.3 Å². The molecule has 0 saturated heterocycles. The molecule has 0 amide bonds. The standard InChI is InChI=1S/C20H17FN2OS2/c1-3-15-17(16-8-5-9-25-16)18-19(26-15)22-12(2)23(20(18)24)11-13-6-4-7-14(21)10-13/h4-10H,3,11H2,1-2H3. The molecule has 0 bridgehead atoms. The van der Waals surface area contributed by atoms with E-state index in [1.165, 1.54) is 17.0 Å². The molecule has 0 radical (unpaired) electrons. The first-order valence-corrected chi connectivity index (χ1v) is 10.1. The summed E-state index contributed by atoms with van der Waals surface area (Å²) in [4.78, 5) is 21.1. The maximum Gasteiger partial charge on any atom is 0.263 e. The summed E-state index contributed by atoms with van der Waals surface area (Å²) in [6.45, 7) is 4.24. The number of aryl methyl sites for hydroxylation is 2. The molecule has 6 heteroatoms. The molecule has 3 heterocycles. The fourth-order valence-corrected chi connectivity index (χ4v) is 5.20. The van der Waals surface area contributed by atoms with Crippen LogP contribution in [0.25, 0.3) is 20.7 Å². The molecule has 132 valence electrons. The van der Waals surface area contributed by atoms with Crippen LogP contribution in [0.4, 0.5) is 4.39 Å². The van der Waals surface area contributed by atoms with Gasteiger partial charge in [-0.1, -0.05) is 25.1 Å². The van der Waals surface area contributed by atoms with E-state index in [9.17, 15) is 9.18 Å². The molecule has 0 fully saturated rings. The molecular formula is C20H17FN2OS2. The van der Waals surface area contributed by atoms with E-state index < -0.39 is 0 Å². The van der Waals surface area contributed by atoms with Gasteiger partial charge in [-0.3, -0.25) is 9.36 Å². The summed E-state index contributed by atoms with van der Waals surface area (Å²) in [5, 5.41) is 2.70. The van der Waals surface area contributed by atoms with Crippen LogP contribution in [0.5, 0.6) is 0 Å². The molecule has 3 aromatic heterocycles. The molecule has 3 nitrogen and oxygen atoms in total. The predicted molar refractivity (Wildman–Crippen MR) is 107 cm³/mol. The quantitative estimate of drug-likeness (QED) is 0.482. The number of nitrogens with zero attached hydrogens (tertiary/aromatic N) is 2. The monoisotopic (exact) mass is 384 g/mol. The van der Waals surface area contributed by atoms with Gasteiger partial charge in [0.2, 0.25) is 0 Å². The Morgan fingerprint density at radius 2 is 2.08 bits per heavy atom. The second-order valence-electron chi connectivity index (χ2n) is 6.09. The van der Waals surface area contributed by atoms with Crippen LogP contribution in [0.1, 0.15) is 23.2 Å². The van der Waals surface area contributed by atoms with E-state index in [1.807, 2.05) is 30.5 Å². The van der Waals surface area contributed by atoms with Gasteiger partial charge in [-0.2, -0.15) is 0 Å². The summed E-state index contributed by atoms with van der Waals surface area (Å²) < 4.78 is 15.2. The zero-order valence-electron chi connectivity index (χ0n) is 14.5. The van der Waals surface area contributed by atoms with Crippen molar-refractivity contribution in [1.29, 1.82) is 0 Å². The highest BCUT2D eigenvalue weighted by molar-refractivity contribution is 7.20. The number of fused-ring (bicyclic) bond motifs is 1. The smallest absolute Gasteiger partial charge is 0.263 e. The number of aromatic nitrogens is 2. The second kappa shape index (κ2) is 6.78. The van der Waals surface area contributed by atoms with Crippen molar-refractivity contribution >= 4 is 32.9 Å². The minimum Gasteiger partial charge on any atom is -0.292 e. The van der Waals surface area contributed by atoms with Crippen LogP contribution in [0.15, 0.2) is 46.6 Å². The number of thiophene rings is 2. The van der Waals surface area contributed by atoms with Crippen molar-refractivity contribution in [3.05, 3.63) is 74.2 Å². The van der Waals surface area contributed by atoms with E-state index in [2.05, 4.69) is 11.9 Å². The van der Waals surface area contributed by atoms with Crippen molar-refractivity contribution < 1.29 is 4.39 Å². The fourth-order valence-electron chi connectivity index (χ4n) is 3.17. The van der Waals surface area contributed by atoms with Crippen LogP contribution in [0.2, 0.25) is 0 Å². The SMILES string of the molecule is CCc1sc2nc(C)n(Cc3cccc(F)c3)c(=O)c2c1-c1cccs1. The molecule has 0 atom stereocenters. The van der Waals surface area contributed by atoms with Gasteiger partial charge in [0.25, 0.3) is 5.56 Å². The normalized spacial score (nSPS) is 11.3. The van der Waals surface area contributed by atoms with Gasteiger partial charge in [-0.25, -0.2) is 9.37 Å². The van der Waals surface area contributed by atoms with E-state index in [4.69, 9.17) is 0 Å². The van der Waals surface area contributed by atoms with Crippen LogP contribution < -0.4 is 5.56 Å². The van der Waals surface area contributed by atoms with Gasteiger partial charge in [-0.15, -0.1) is 22.7 Å². The van der Waals surface area contributed by atoms with Crippen molar-refractivity contribution in [2.75, 3.05) is 0 Å². The van der Waals surface area contributed by atoms with Gasteiger partial charge in [0.15, 0.2) is 0 Å². The molecule has 1 aromatic carbocycles. The maximum absolute atomic E-state index is 13.5. The highest BCUT2D eigenvalue weighted by Gasteiger charge is 2.20. The lowest BCUT2D eigenvalue weighted by Crippen LogP contribution is -2.24. The highest BCUT2D eigenvalue weighted by Crippen LogP contribution is 2.38. The molecule has 0 spiro atoms. The van der Waals surface area contributed by atoms with E-state index in [0.717, 1.165) is 27.3 Å². The Bertz CT molecular complexity index is 1140. The first-order valence-electron chi connectivity index (χ1n) is 8.39. The third-order valence-electron chi connectivity index (χ3n) is 4.39. The zero-order chi connectivity index (χ0) is 18.3. The minimum atomic E-state index is -0.301. The summed E-state index contributed by atoms with van der Waals surface area (Å²) in [5.74, 6) is 0.346. The second-order valence-corrected chi connectivity index (χ2v) is 8.12. The van der Waals surface area contributed by atoms with E-state index in [0.29, 0.717) is 17.8 Å². The summed E-state index contributed by atoms with van der Waals surface area (Å²) in [6.07, 6.45) is 0.858. The van der Waals surface area contributed by atoms with Gasteiger partial charge in [-0.05, 0) is 42.5 Å². The number of rotatable bonds is 4. The van der Waals surface area contributed by atoms with Gasteiger partial charge in [0.05, 0.1) is 11.9 Å². The average Bonchev–Trinajstić information content (AvgIpc) is 3.25. The summed E-state index contributed by atoms with van der Waals surface area (Å²) in [6, 6.07) is 10.4. The highest BCUT2D eigenvalue weighted by atomic mass is 32.1. The summed E-state index contributed by atoms with van der Waals surface area (Å²) in [7, 11) is 0. The average molecular weight is 385 g/mol. The molecule has 0 saturated carbocycles. The molecule has 0 aliphatic carbocycles. The van der Waals surface area contributed by atoms with Crippen molar-refractivity contribution in [3.63, 3.8) is 0 Å². The Hall–Kier alpha value is -2.31. The first-order chi connectivity index (χ1) is 12.6. The van der Waals surface area contributed by atoms with Crippen molar-refractivity contribution in [3.8, 4) is 10.4 Å². The lowest BCUT2D eigenvalue weighted by molar-refractivity contribution is 0.621. The fraction of sp³-hybridized carbons (Fsp3) is 0.200. The van der Waals surface area contributed by atoms with E-state index >= 15 is 0 Å². The van der Waals surface area contributed by atoms with Crippen molar-refractivity contribution in [2.24, 2.45) is 0 Å². The number of hydrogen-bond donors (Lipinski definition) is 0. The maximum atomic E-state index is 13.5. The zero-order valence-corrected chi connectivity index (χ0v) is 16.1. The molecule has 0 aliphatic rings. The Kier molecular flexibility index (Phi) is 4.46. The van der Waals surface area contributed by atoms with Crippen LogP contribution in [-0.4, -0.2) is 9.55 Å². The minimum absolute atomic E-state index is 0.0592. The molecule has 4 aromatic rings. The number of halogens is 1. The van der Waals surface area contributed by atoms with Crippen LogP contribution in [-0.2, 0) is 13.0 Å². The van der Waals surface area contributed by atoms with Crippen LogP contribution in [0.3, 0.4) is 0 Å². The predicted octanol–water partition coefficient (Wildman–Crippen LogP) is 5.24. The lowest BCUT2D eigenvalue weighted by atomic mass is 10.1. The van der Waals surface area contributed by atoms with Gasteiger partial charge >= 0.3 is 0 Å². The number of benzene rings is 1. The molecule has 0 N–H and O–H groups in total. The molecule has 4 rings (SSSR count). The third-order valence-corrected chi connectivity index (χ3v) is 6.51. The third kappa shape index (κ3) is 2.89. The Morgan fingerprint density at radius 3 is 2.77 bits per heavy atom. The number of hydrogen-bond acceptors (Lipinski definition) is 4. The van der Waals surface area contributed by atoms with Crippen LogP contribution >= 0.6 is 22.7 Å². The molecular weight excluding hydrogens is 367 g/mol. The molecule has 26 heavy (non-hydrogen) atoms. The van der Waals surface area contributed by atoms with E-state index in [-0.39, 0.29) is 11.4 Å². The largest absolute Gasteiger partial charge is 0.292 e. The lowest BCUT2D eigenvalue weighted by Gasteiger charge is -2.10. The topological polar surface area (TPSA) is 34.9 Å². The van der Waals surface area contributed by atoms with E-state index in [1.54, 1.807) is 33.3 Å². The molecule has 0 aliphatic heterocycles. The Morgan fingerprint density at radius 1 is 1.23 bits per heavy atom.